The van der Waals surface area contributed by atoms with Crippen LogP contribution in [0.25, 0.3) is 0 Å². The Hall–Kier alpha value is -1.97. The van der Waals surface area contributed by atoms with Crippen LogP contribution in [0.4, 0.5) is 11.4 Å². The van der Waals surface area contributed by atoms with Crippen molar-refractivity contribution in [3.8, 4) is 0 Å². The van der Waals surface area contributed by atoms with Crippen LogP contribution < -0.4 is 15.7 Å². The van der Waals surface area contributed by atoms with Crippen molar-refractivity contribution in [2.24, 2.45) is 0 Å². The van der Waals surface area contributed by atoms with E-state index < -0.39 is 17.0 Å². The van der Waals surface area contributed by atoms with Crippen molar-refractivity contribution in [1.82, 2.24) is 5.48 Å². The van der Waals surface area contributed by atoms with Crippen LogP contribution in [-0.2, 0) is 20.7 Å². The van der Waals surface area contributed by atoms with Crippen LogP contribution in [0.5, 0.6) is 0 Å². The Morgan fingerprint density at radius 2 is 1.83 bits per heavy atom. The van der Waals surface area contributed by atoms with Crippen LogP contribution in [0.2, 0.25) is 0 Å². The lowest BCUT2D eigenvalue weighted by Crippen LogP contribution is -2.37. The summed E-state index contributed by atoms with van der Waals surface area (Å²) in [6.45, 7) is 3.86. The van der Waals surface area contributed by atoms with E-state index in [1.165, 1.54) is 6.92 Å². The number of anilines is 2. The van der Waals surface area contributed by atoms with E-state index in [2.05, 4.69) is 12.2 Å². The van der Waals surface area contributed by atoms with Gasteiger partial charge in [0.1, 0.15) is 0 Å². The minimum absolute atomic E-state index is 0.101. The van der Waals surface area contributed by atoms with Crippen molar-refractivity contribution in [2.75, 3.05) is 23.3 Å². The average molecular weight is 428 g/mol. The maximum atomic E-state index is 11.8. The molecule has 0 saturated carbocycles. The number of carbonyl (C=O) groups is 2. The number of para-hydroxylation sites is 2. The summed E-state index contributed by atoms with van der Waals surface area (Å²) >= 11 is -1.89. The number of rotatable bonds is 14. The fraction of sp³-hybridized carbons (Fsp3) is 0.600. The van der Waals surface area contributed by atoms with Gasteiger partial charge in [0.25, 0.3) is 5.91 Å². The minimum atomic E-state index is -1.89. The number of amides is 2. The molecular formula is C20H33N3O5S. The molecule has 0 aromatic heterocycles. The van der Waals surface area contributed by atoms with Gasteiger partial charge in [-0.1, -0.05) is 44.7 Å². The first-order valence-electron chi connectivity index (χ1n) is 10.0. The van der Waals surface area contributed by atoms with Gasteiger partial charge in [0, 0.05) is 13.5 Å². The molecule has 0 aliphatic heterocycles. The summed E-state index contributed by atoms with van der Waals surface area (Å²) in [7, 11) is 0. The topological polar surface area (TPSA) is 119 Å². The van der Waals surface area contributed by atoms with E-state index >= 15 is 0 Å². The molecule has 0 radical (unpaired) electrons. The first-order chi connectivity index (χ1) is 13.9. The molecular weight excluding hydrogens is 394 g/mol. The zero-order valence-electron chi connectivity index (χ0n) is 17.2. The number of hydrogen-bond donors (Lipinski definition) is 4. The van der Waals surface area contributed by atoms with Gasteiger partial charge in [0.15, 0.2) is 11.1 Å². The Morgan fingerprint density at radius 1 is 1.14 bits per heavy atom. The molecule has 4 N–H and O–H groups in total. The van der Waals surface area contributed by atoms with E-state index in [-0.39, 0.29) is 17.7 Å². The quantitative estimate of drug-likeness (QED) is 0.157. The van der Waals surface area contributed by atoms with Crippen molar-refractivity contribution >= 4 is 34.3 Å². The van der Waals surface area contributed by atoms with Gasteiger partial charge >= 0.3 is 0 Å². The lowest BCUT2D eigenvalue weighted by molar-refractivity contribution is -0.127. The van der Waals surface area contributed by atoms with Crippen molar-refractivity contribution < 1.29 is 23.6 Å². The minimum Gasteiger partial charge on any atom is -0.360 e. The lowest BCUT2D eigenvalue weighted by Gasteiger charge is -2.26. The van der Waals surface area contributed by atoms with Gasteiger partial charge in [-0.3, -0.25) is 14.8 Å². The van der Waals surface area contributed by atoms with Crippen molar-refractivity contribution in [1.29, 1.82) is 0 Å². The Labute approximate surface area is 175 Å². The second kappa shape index (κ2) is 14.1. The van der Waals surface area contributed by atoms with Gasteiger partial charge in [-0.2, -0.15) is 0 Å². The highest BCUT2D eigenvalue weighted by molar-refractivity contribution is 7.79. The number of unbranched alkanes of at least 4 members (excludes halogenated alkanes) is 3. The zero-order valence-corrected chi connectivity index (χ0v) is 18.0. The number of nitrogens with one attached hydrogen (secondary N) is 2. The predicted molar refractivity (Wildman–Crippen MR) is 115 cm³/mol. The largest absolute Gasteiger partial charge is 0.360 e. The van der Waals surface area contributed by atoms with E-state index in [1.807, 2.05) is 0 Å². The summed E-state index contributed by atoms with van der Waals surface area (Å²) in [4.78, 5) is 25.0. The van der Waals surface area contributed by atoms with Crippen LogP contribution in [0.1, 0.15) is 58.8 Å². The normalized spacial score (nSPS) is 12.8. The van der Waals surface area contributed by atoms with Gasteiger partial charge in [-0.25, -0.2) is 9.69 Å². The third-order valence-electron chi connectivity index (χ3n) is 4.63. The Bertz CT molecular complexity index is 671. The third kappa shape index (κ3) is 9.87. The van der Waals surface area contributed by atoms with E-state index in [9.17, 15) is 18.4 Å². The standard InChI is InChI=1S/C20H33N3O5S/c1-3-4-5-6-10-17(29(27)28)11-9-14-23(15-20(25)22-26)19-13-8-7-12-18(19)21-16(2)24/h7-8,12-13,17,26H,3-6,9-11,14-15H2,1-2H3,(H,21,24)(H,22,25)(H,27,28). The third-order valence-corrected chi connectivity index (χ3v) is 5.68. The molecule has 1 rings (SSSR count). The van der Waals surface area contributed by atoms with Crippen LogP contribution >= 0.6 is 0 Å². The molecule has 8 nitrogen and oxygen atoms in total. The van der Waals surface area contributed by atoms with Crippen molar-refractivity contribution in [3.05, 3.63) is 24.3 Å². The maximum absolute atomic E-state index is 11.8. The Kier molecular flexibility index (Phi) is 12.2. The molecule has 0 aliphatic carbocycles. The molecule has 2 unspecified atom stereocenters. The fourth-order valence-corrected chi connectivity index (χ4v) is 3.93. The lowest BCUT2D eigenvalue weighted by atomic mass is 10.1. The summed E-state index contributed by atoms with van der Waals surface area (Å²) in [5.74, 6) is -0.809. The van der Waals surface area contributed by atoms with E-state index in [4.69, 9.17) is 5.21 Å². The Balaban J connectivity index is 2.80. The molecule has 0 aliphatic rings. The average Bonchev–Trinajstić information content (AvgIpc) is 2.68. The SMILES string of the molecule is CCCCCCC(CCCN(CC(=O)NO)c1ccccc1NC(C)=O)S(=O)O. The monoisotopic (exact) mass is 427 g/mol. The molecule has 164 valence electrons. The molecule has 1 aromatic carbocycles. The zero-order chi connectivity index (χ0) is 21.6. The number of carbonyl (C=O) groups excluding carboxylic acids is 2. The first kappa shape index (κ1) is 25.1. The van der Waals surface area contributed by atoms with Crippen LogP contribution in [0, 0.1) is 0 Å². The van der Waals surface area contributed by atoms with Crippen molar-refractivity contribution in [2.45, 2.75) is 64.0 Å². The highest BCUT2D eigenvalue weighted by Gasteiger charge is 2.18. The van der Waals surface area contributed by atoms with Crippen LogP contribution in [0.15, 0.2) is 24.3 Å². The molecule has 0 bridgehead atoms. The second-order valence-electron chi connectivity index (χ2n) is 7.04. The molecule has 1 aromatic rings. The van der Waals surface area contributed by atoms with Gasteiger partial charge in [-0.05, 0) is 31.4 Å². The Morgan fingerprint density at radius 3 is 2.45 bits per heavy atom. The molecule has 0 saturated heterocycles. The van der Waals surface area contributed by atoms with Crippen LogP contribution in [0.3, 0.4) is 0 Å². The fourth-order valence-electron chi connectivity index (χ4n) is 3.19. The summed E-state index contributed by atoms with van der Waals surface area (Å²) in [5.41, 5.74) is 2.84. The van der Waals surface area contributed by atoms with E-state index in [0.717, 1.165) is 25.7 Å². The summed E-state index contributed by atoms with van der Waals surface area (Å²) < 4.78 is 21.3. The molecule has 0 fully saturated rings. The maximum Gasteiger partial charge on any atom is 0.262 e. The number of benzene rings is 1. The predicted octanol–water partition coefficient (Wildman–Crippen LogP) is 3.30. The summed E-state index contributed by atoms with van der Waals surface area (Å²) in [5, 5.41) is 11.3. The molecule has 9 heteroatoms. The summed E-state index contributed by atoms with van der Waals surface area (Å²) in [6, 6.07) is 7.09. The second-order valence-corrected chi connectivity index (χ2v) is 8.26. The molecule has 0 heterocycles. The highest BCUT2D eigenvalue weighted by Crippen LogP contribution is 2.26. The summed E-state index contributed by atoms with van der Waals surface area (Å²) in [6.07, 6.45) is 6.05. The van der Waals surface area contributed by atoms with Crippen molar-refractivity contribution in [3.63, 3.8) is 0 Å². The molecule has 29 heavy (non-hydrogen) atoms. The molecule has 2 atom stereocenters. The van der Waals surface area contributed by atoms with E-state index in [0.29, 0.717) is 37.2 Å². The van der Waals surface area contributed by atoms with Gasteiger partial charge in [-0.15, -0.1) is 0 Å². The van der Waals surface area contributed by atoms with Gasteiger partial charge in [0.2, 0.25) is 5.91 Å². The van der Waals surface area contributed by atoms with E-state index in [1.54, 1.807) is 34.6 Å². The van der Waals surface area contributed by atoms with Gasteiger partial charge < -0.3 is 14.8 Å². The number of hydroxylamine groups is 1. The van der Waals surface area contributed by atoms with Crippen LogP contribution in [-0.4, -0.2) is 44.1 Å². The first-order valence-corrected chi connectivity index (χ1v) is 11.2. The number of hydrogen-bond acceptors (Lipinski definition) is 5. The molecule has 0 spiro atoms. The number of nitrogens with zero attached hydrogens (tertiary/aromatic N) is 1. The molecule has 2 amide bonds. The van der Waals surface area contributed by atoms with Gasteiger partial charge in [0.05, 0.1) is 23.2 Å². The smallest absolute Gasteiger partial charge is 0.262 e. The highest BCUT2D eigenvalue weighted by atomic mass is 32.2.